The predicted octanol–water partition coefficient (Wildman–Crippen LogP) is 1.89. The molecular weight excluding hydrogens is 340 g/mol. The van der Waals surface area contributed by atoms with Crippen molar-refractivity contribution in [2.45, 2.75) is 38.1 Å². The second-order valence-corrected chi connectivity index (χ2v) is 6.39. The Kier molecular flexibility index (Phi) is 5.29. The lowest BCUT2D eigenvalue weighted by atomic mass is 10.0. The number of ether oxygens (including phenoxy) is 2. The SMILES string of the molecule is COc1cc2c(cc1OCCCC(=O)O)NC(=O)[C@@H]1CCCCN1C2=O. The molecule has 1 aromatic carbocycles. The van der Waals surface area contributed by atoms with Gasteiger partial charge in [0, 0.05) is 19.0 Å². The van der Waals surface area contributed by atoms with Gasteiger partial charge in [-0.25, -0.2) is 0 Å². The number of rotatable bonds is 6. The van der Waals surface area contributed by atoms with E-state index in [2.05, 4.69) is 5.32 Å². The van der Waals surface area contributed by atoms with E-state index in [1.165, 1.54) is 7.11 Å². The predicted molar refractivity (Wildman–Crippen MR) is 92.7 cm³/mol. The minimum Gasteiger partial charge on any atom is -0.493 e. The van der Waals surface area contributed by atoms with Crippen LogP contribution in [-0.2, 0) is 9.59 Å². The Morgan fingerprint density at radius 3 is 2.85 bits per heavy atom. The third-order valence-electron chi connectivity index (χ3n) is 4.65. The Hall–Kier alpha value is -2.77. The summed E-state index contributed by atoms with van der Waals surface area (Å²) in [5, 5.41) is 11.5. The third kappa shape index (κ3) is 3.58. The average Bonchev–Trinajstić information content (AvgIpc) is 2.73. The second-order valence-electron chi connectivity index (χ2n) is 6.39. The number of hydrogen-bond acceptors (Lipinski definition) is 5. The molecule has 0 bridgehead atoms. The molecule has 8 heteroatoms. The minimum absolute atomic E-state index is 0.000875. The highest BCUT2D eigenvalue weighted by molar-refractivity contribution is 6.10. The van der Waals surface area contributed by atoms with Gasteiger partial charge >= 0.3 is 5.97 Å². The van der Waals surface area contributed by atoms with Crippen molar-refractivity contribution in [2.75, 3.05) is 25.6 Å². The largest absolute Gasteiger partial charge is 0.493 e. The first-order chi connectivity index (χ1) is 12.5. The lowest BCUT2D eigenvalue weighted by Gasteiger charge is -2.32. The molecule has 0 spiro atoms. The molecule has 0 radical (unpaired) electrons. The maximum atomic E-state index is 12.9. The van der Waals surface area contributed by atoms with Gasteiger partial charge in [-0.05, 0) is 31.7 Å². The van der Waals surface area contributed by atoms with E-state index in [1.807, 2.05) is 0 Å². The van der Waals surface area contributed by atoms with E-state index in [1.54, 1.807) is 17.0 Å². The quantitative estimate of drug-likeness (QED) is 0.749. The number of carboxylic acid groups (broad SMARTS) is 1. The van der Waals surface area contributed by atoms with E-state index in [9.17, 15) is 14.4 Å². The highest BCUT2D eigenvalue weighted by Gasteiger charge is 2.37. The van der Waals surface area contributed by atoms with E-state index in [0.29, 0.717) is 42.1 Å². The van der Waals surface area contributed by atoms with Crippen molar-refractivity contribution in [2.24, 2.45) is 0 Å². The first-order valence-corrected chi connectivity index (χ1v) is 8.69. The molecule has 2 N–H and O–H groups in total. The van der Waals surface area contributed by atoms with Gasteiger partial charge in [0.15, 0.2) is 11.5 Å². The van der Waals surface area contributed by atoms with Crippen molar-refractivity contribution in [3.05, 3.63) is 17.7 Å². The third-order valence-corrected chi connectivity index (χ3v) is 4.65. The normalized spacial score (nSPS) is 19.1. The fraction of sp³-hybridized carbons (Fsp3) is 0.500. The Morgan fingerprint density at radius 2 is 2.12 bits per heavy atom. The van der Waals surface area contributed by atoms with Gasteiger partial charge in [0.25, 0.3) is 5.91 Å². The fourth-order valence-electron chi connectivity index (χ4n) is 3.34. The van der Waals surface area contributed by atoms with Crippen LogP contribution in [0.4, 0.5) is 5.69 Å². The Bertz CT molecular complexity index is 733. The number of carbonyl (C=O) groups excluding carboxylic acids is 2. The van der Waals surface area contributed by atoms with E-state index in [-0.39, 0.29) is 24.8 Å². The zero-order valence-electron chi connectivity index (χ0n) is 14.6. The number of nitrogens with zero attached hydrogens (tertiary/aromatic N) is 1. The number of piperidine rings is 1. The number of amides is 2. The van der Waals surface area contributed by atoms with Crippen molar-refractivity contribution in [1.82, 2.24) is 4.90 Å². The molecule has 2 amide bonds. The number of nitrogens with one attached hydrogen (secondary N) is 1. The van der Waals surface area contributed by atoms with E-state index >= 15 is 0 Å². The summed E-state index contributed by atoms with van der Waals surface area (Å²) in [7, 11) is 1.47. The first-order valence-electron chi connectivity index (χ1n) is 8.69. The first kappa shape index (κ1) is 18.0. The van der Waals surface area contributed by atoms with Crippen LogP contribution in [0, 0.1) is 0 Å². The average molecular weight is 362 g/mol. The lowest BCUT2D eigenvalue weighted by Crippen LogP contribution is -2.47. The summed E-state index contributed by atoms with van der Waals surface area (Å²) in [4.78, 5) is 37.6. The number of carbonyl (C=O) groups is 3. The summed E-state index contributed by atoms with van der Waals surface area (Å²) in [6.45, 7) is 0.754. The van der Waals surface area contributed by atoms with Gasteiger partial charge in [0.1, 0.15) is 6.04 Å². The summed E-state index contributed by atoms with van der Waals surface area (Å²) in [6, 6.07) is 2.69. The highest BCUT2D eigenvalue weighted by atomic mass is 16.5. The number of carboxylic acids is 1. The van der Waals surface area contributed by atoms with Crippen LogP contribution in [0.5, 0.6) is 11.5 Å². The van der Waals surface area contributed by atoms with Crippen LogP contribution < -0.4 is 14.8 Å². The van der Waals surface area contributed by atoms with Crippen LogP contribution in [0.15, 0.2) is 12.1 Å². The zero-order chi connectivity index (χ0) is 18.7. The van der Waals surface area contributed by atoms with Crippen LogP contribution in [0.2, 0.25) is 0 Å². The molecule has 2 aliphatic rings. The van der Waals surface area contributed by atoms with Gasteiger partial charge in [-0.3, -0.25) is 14.4 Å². The molecule has 1 fully saturated rings. The van der Waals surface area contributed by atoms with Crippen molar-refractivity contribution >= 4 is 23.5 Å². The maximum absolute atomic E-state index is 12.9. The van der Waals surface area contributed by atoms with Crippen molar-refractivity contribution < 1.29 is 29.0 Å². The second kappa shape index (κ2) is 7.63. The van der Waals surface area contributed by atoms with Gasteiger partial charge in [-0.1, -0.05) is 0 Å². The van der Waals surface area contributed by atoms with Crippen LogP contribution in [0.1, 0.15) is 42.5 Å². The van der Waals surface area contributed by atoms with Gasteiger partial charge in [0.05, 0.1) is 25.0 Å². The van der Waals surface area contributed by atoms with Gasteiger partial charge in [-0.15, -0.1) is 0 Å². The van der Waals surface area contributed by atoms with Gasteiger partial charge < -0.3 is 24.8 Å². The Labute approximate surface area is 151 Å². The topological polar surface area (TPSA) is 105 Å². The summed E-state index contributed by atoms with van der Waals surface area (Å²) in [6.07, 6.45) is 2.79. The number of fused-ring (bicyclic) bond motifs is 2. The Balaban J connectivity index is 1.87. The molecule has 140 valence electrons. The van der Waals surface area contributed by atoms with Crippen molar-refractivity contribution in [1.29, 1.82) is 0 Å². The number of aliphatic carboxylic acids is 1. The standard InChI is InChI=1S/C18H22N2O6/c1-25-14-9-11-12(10-15(14)26-8-4-6-16(21)22)19-17(23)13-5-2-3-7-20(13)18(11)24/h9-10,13H,2-8H2,1H3,(H,19,23)(H,21,22)/t13-/m0/s1. The van der Waals surface area contributed by atoms with Gasteiger partial charge in [0.2, 0.25) is 5.91 Å². The molecule has 0 aromatic heterocycles. The van der Waals surface area contributed by atoms with E-state index in [4.69, 9.17) is 14.6 Å². The van der Waals surface area contributed by atoms with E-state index in [0.717, 1.165) is 12.8 Å². The smallest absolute Gasteiger partial charge is 0.303 e. The summed E-state index contributed by atoms with van der Waals surface area (Å²) in [5.41, 5.74) is 0.765. The maximum Gasteiger partial charge on any atom is 0.303 e. The summed E-state index contributed by atoms with van der Waals surface area (Å²) >= 11 is 0. The number of benzene rings is 1. The molecule has 1 aromatic rings. The fourth-order valence-corrected chi connectivity index (χ4v) is 3.34. The molecule has 1 saturated heterocycles. The van der Waals surface area contributed by atoms with Gasteiger partial charge in [-0.2, -0.15) is 0 Å². The molecular formula is C18H22N2O6. The zero-order valence-corrected chi connectivity index (χ0v) is 14.6. The summed E-state index contributed by atoms with van der Waals surface area (Å²) < 4.78 is 10.9. The monoisotopic (exact) mass is 362 g/mol. The summed E-state index contributed by atoms with van der Waals surface area (Å²) in [5.74, 6) is -0.545. The number of methoxy groups -OCH3 is 1. The molecule has 3 rings (SSSR count). The molecule has 2 heterocycles. The molecule has 1 atom stereocenters. The Morgan fingerprint density at radius 1 is 1.31 bits per heavy atom. The number of anilines is 1. The minimum atomic E-state index is -0.892. The van der Waals surface area contributed by atoms with Crippen LogP contribution >= 0.6 is 0 Å². The molecule has 0 unspecified atom stereocenters. The van der Waals surface area contributed by atoms with Crippen LogP contribution in [0.3, 0.4) is 0 Å². The number of hydrogen-bond donors (Lipinski definition) is 2. The lowest BCUT2D eigenvalue weighted by molar-refractivity contribution is -0.137. The molecule has 8 nitrogen and oxygen atoms in total. The van der Waals surface area contributed by atoms with E-state index < -0.39 is 12.0 Å². The molecule has 2 aliphatic heterocycles. The van der Waals surface area contributed by atoms with Crippen molar-refractivity contribution in [3.63, 3.8) is 0 Å². The van der Waals surface area contributed by atoms with Crippen LogP contribution in [-0.4, -0.2) is 54.1 Å². The molecule has 0 aliphatic carbocycles. The molecule has 26 heavy (non-hydrogen) atoms. The molecule has 0 saturated carbocycles. The van der Waals surface area contributed by atoms with Crippen LogP contribution in [0.25, 0.3) is 0 Å². The highest BCUT2D eigenvalue weighted by Crippen LogP contribution is 2.37. The van der Waals surface area contributed by atoms with Crippen molar-refractivity contribution in [3.8, 4) is 11.5 Å².